The number of benzene rings is 1. The Morgan fingerprint density at radius 2 is 2.00 bits per heavy atom. The summed E-state index contributed by atoms with van der Waals surface area (Å²) in [5.74, 6) is 1.03. The maximum atomic E-state index is 12.4. The van der Waals surface area contributed by atoms with E-state index < -0.39 is 9.84 Å². The van der Waals surface area contributed by atoms with Gasteiger partial charge in [0, 0.05) is 26.1 Å². The first-order valence-electron chi connectivity index (χ1n) is 9.84. The Hall–Kier alpha value is -2.19. The molecular weight excluding hydrogens is 374 g/mol. The highest BCUT2D eigenvalue weighted by atomic mass is 32.2. The summed E-state index contributed by atoms with van der Waals surface area (Å²) >= 11 is 0. The second-order valence-corrected chi connectivity index (χ2v) is 9.30. The lowest BCUT2D eigenvalue weighted by atomic mass is 10.3. The van der Waals surface area contributed by atoms with E-state index in [-0.39, 0.29) is 10.9 Å². The molecule has 7 nitrogen and oxygen atoms in total. The molecule has 0 saturated heterocycles. The van der Waals surface area contributed by atoms with E-state index in [1.165, 1.54) is 0 Å². The number of aromatic amines is 1. The molecule has 8 heteroatoms. The molecule has 0 saturated carbocycles. The smallest absolute Gasteiger partial charge is 0.227 e. The van der Waals surface area contributed by atoms with Crippen molar-refractivity contribution in [2.24, 2.45) is 0 Å². The molecule has 0 aliphatic carbocycles. The summed E-state index contributed by atoms with van der Waals surface area (Å²) in [5.41, 5.74) is 2.96. The number of aromatic nitrogens is 4. The van der Waals surface area contributed by atoms with Gasteiger partial charge in [0.1, 0.15) is 5.82 Å². The Morgan fingerprint density at radius 3 is 2.71 bits per heavy atom. The van der Waals surface area contributed by atoms with Gasteiger partial charge in [0.05, 0.1) is 28.7 Å². The van der Waals surface area contributed by atoms with E-state index in [9.17, 15) is 8.42 Å². The van der Waals surface area contributed by atoms with Gasteiger partial charge in [-0.15, -0.1) is 0 Å². The third-order valence-electron chi connectivity index (χ3n) is 4.90. The molecule has 0 radical (unpaired) electrons. The van der Waals surface area contributed by atoms with Crippen LogP contribution < -0.4 is 0 Å². The third kappa shape index (κ3) is 4.62. The Kier molecular flexibility index (Phi) is 6.51. The summed E-state index contributed by atoms with van der Waals surface area (Å²) in [5, 5.41) is 0.198. The number of imidazole rings is 2. The minimum atomic E-state index is -3.33. The first-order chi connectivity index (χ1) is 13.4. The molecule has 152 valence electrons. The average Bonchev–Trinajstić information content (AvgIpc) is 3.28. The number of likely N-dealkylation sites (N-methyl/N-ethyl adjacent to an activating group) is 1. The molecule has 0 amide bonds. The van der Waals surface area contributed by atoms with E-state index in [1.54, 1.807) is 13.1 Å². The summed E-state index contributed by atoms with van der Waals surface area (Å²) in [6, 6.07) is 8.01. The molecule has 3 aromatic rings. The van der Waals surface area contributed by atoms with Crippen molar-refractivity contribution in [2.45, 2.75) is 51.4 Å². The zero-order chi connectivity index (χ0) is 20.1. The molecule has 2 aromatic heterocycles. The van der Waals surface area contributed by atoms with E-state index in [4.69, 9.17) is 0 Å². The molecule has 0 bridgehead atoms. The molecule has 0 aliphatic rings. The number of nitrogens with one attached hydrogen (secondary N) is 1. The number of hydrogen-bond donors (Lipinski definition) is 1. The summed E-state index contributed by atoms with van der Waals surface area (Å²) in [6.45, 7) is 5.90. The normalized spacial score (nSPS) is 12.3. The Labute approximate surface area is 166 Å². The van der Waals surface area contributed by atoms with Gasteiger partial charge in [-0.3, -0.25) is 0 Å². The highest BCUT2D eigenvalue weighted by molar-refractivity contribution is 7.91. The summed E-state index contributed by atoms with van der Waals surface area (Å²) in [7, 11) is -1.29. The predicted octanol–water partition coefficient (Wildman–Crippen LogP) is 3.03. The minimum absolute atomic E-state index is 0.0669. The second kappa shape index (κ2) is 8.87. The van der Waals surface area contributed by atoms with Gasteiger partial charge in [-0.2, -0.15) is 0 Å². The zero-order valence-electron chi connectivity index (χ0n) is 16.9. The third-order valence-corrected chi connectivity index (χ3v) is 6.54. The maximum Gasteiger partial charge on any atom is 0.227 e. The Balaban J connectivity index is 1.69. The largest absolute Gasteiger partial charge is 0.342 e. The lowest BCUT2D eigenvalue weighted by Crippen LogP contribution is -2.24. The van der Waals surface area contributed by atoms with Crippen molar-refractivity contribution in [3.05, 3.63) is 42.0 Å². The van der Waals surface area contributed by atoms with Crippen LogP contribution in [0.25, 0.3) is 11.0 Å². The van der Waals surface area contributed by atoms with Gasteiger partial charge in [0.25, 0.3) is 0 Å². The number of nitrogens with zero attached hydrogens (tertiary/aromatic N) is 4. The number of fused-ring (bicyclic) bond motifs is 1. The Bertz CT molecular complexity index is 989. The second-order valence-electron chi connectivity index (χ2n) is 7.13. The standard InChI is InChI=1S/C20H29N5O2S/c1-4-6-12-25-16(14-21-20(25)28(26,27)5-2)15-24(3)13-11-19-22-17-9-7-8-10-18(17)23-19/h7-10,14H,4-6,11-13,15H2,1-3H3,(H,22,23). The van der Waals surface area contributed by atoms with Crippen LogP contribution in [0.1, 0.15) is 38.2 Å². The van der Waals surface area contributed by atoms with E-state index in [0.29, 0.717) is 13.1 Å². The van der Waals surface area contributed by atoms with Crippen LogP contribution in [0.2, 0.25) is 0 Å². The van der Waals surface area contributed by atoms with Crippen molar-refractivity contribution in [1.82, 2.24) is 24.4 Å². The van der Waals surface area contributed by atoms with Gasteiger partial charge in [0.2, 0.25) is 15.0 Å². The topological polar surface area (TPSA) is 83.9 Å². The number of H-pyrrole nitrogens is 1. The summed E-state index contributed by atoms with van der Waals surface area (Å²) in [4.78, 5) is 14.4. The van der Waals surface area contributed by atoms with Gasteiger partial charge >= 0.3 is 0 Å². The lowest BCUT2D eigenvalue weighted by molar-refractivity contribution is 0.316. The van der Waals surface area contributed by atoms with E-state index in [0.717, 1.165) is 48.4 Å². The van der Waals surface area contributed by atoms with Crippen molar-refractivity contribution >= 4 is 20.9 Å². The molecule has 1 aromatic carbocycles. The lowest BCUT2D eigenvalue weighted by Gasteiger charge is -2.18. The number of hydrogen-bond acceptors (Lipinski definition) is 5. The minimum Gasteiger partial charge on any atom is -0.342 e. The quantitative estimate of drug-likeness (QED) is 0.562. The fourth-order valence-corrected chi connectivity index (χ4v) is 4.24. The van der Waals surface area contributed by atoms with Crippen molar-refractivity contribution < 1.29 is 8.42 Å². The van der Waals surface area contributed by atoms with Crippen LogP contribution in [0, 0.1) is 0 Å². The summed E-state index contributed by atoms with van der Waals surface area (Å²) in [6.07, 6.45) is 4.44. The maximum absolute atomic E-state index is 12.4. The van der Waals surface area contributed by atoms with Gasteiger partial charge in [-0.25, -0.2) is 18.4 Å². The van der Waals surface area contributed by atoms with E-state index >= 15 is 0 Å². The monoisotopic (exact) mass is 403 g/mol. The fraction of sp³-hybridized carbons (Fsp3) is 0.500. The van der Waals surface area contributed by atoms with Gasteiger partial charge in [-0.1, -0.05) is 32.4 Å². The molecule has 2 heterocycles. The molecule has 0 atom stereocenters. The van der Waals surface area contributed by atoms with Crippen molar-refractivity contribution in [1.29, 1.82) is 0 Å². The molecule has 0 fully saturated rings. The molecule has 0 spiro atoms. The Morgan fingerprint density at radius 1 is 1.21 bits per heavy atom. The van der Waals surface area contributed by atoms with Gasteiger partial charge in [-0.05, 0) is 25.6 Å². The van der Waals surface area contributed by atoms with E-state index in [2.05, 4.69) is 26.8 Å². The molecule has 28 heavy (non-hydrogen) atoms. The number of sulfone groups is 1. The van der Waals surface area contributed by atoms with Crippen molar-refractivity contribution in [2.75, 3.05) is 19.3 Å². The average molecular weight is 404 g/mol. The number of unbranched alkanes of at least 4 members (excludes halogenated alkanes) is 1. The molecular formula is C20H29N5O2S. The zero-order valence-corrected chi connectivity index (χ0v) is 17.7. The highest BCUT2D eigenvalue weighted by Gasteiger charge is 2.21. The molecule has 0 aliphatic heterocycles. The van der Waals surface area contributed by atoms with Crippen LogP contribution >= 0.6 is 0 Å². The van der Waals surface area contributed by atoms with Gasteiger partial charge in [0.15, 0.2) is 0 Å². The predicted molar refractivity (Wildman–Crippen MR) is 111 cm³/mol. The number of rotatable bonds is 10. The van der Waals surface area contributed by atoms with Crippen LogP contribution in [-0.2, 0) is 29.3 Å². The van der Waals surface area contributed by atoms with Crippen LogP contribution in [0.4, 0.5) is 0 Å². The van der Waals surface area contributed by atoms with Crippen LogP contribution in [0.15, 0.2) is 35.6 Å². The molecule has 0 unspecified atom stereocenters. The van der Waals surface area contributed by atoms with Crippen LogP contribution in [-0.4, -0.2) is 52.2 Å². The van der Waals surface area contributed by atoms with Crippen LogP contribution in [0.5, 0.6) is 0 Å². The first-order valence-corrected chi connectivity index (χ1v) is 11.5. The summed E-state index contributed by atoms with van der Waals surface area (Å²) < 4.78 is 26.6. The van der Waals surface area contributed by atoms with Gasteiger partial charge < -0.3 is 14.5 Å². The van der Waals surface area contributed by atoms with E-state index in [1.807, 2.05) is 35.9 Å². The number of para-hydroxylation sites is 2. The van der Waals surface area contributed by atoms with Crippen molar-refractivity contribution in [3.63, 3.8) is 0 Å². The SMILES string of the molecule is CCCCn1c(CN(C)CCc2nc3ccccc3[nH]2)cnc1S(=O)(=O)CC. The van der Waals surface area contributed by atoms with Crippen LogP contribution in [0.3, 0.4) is 0 Å². The van der Waals surface area contributed by atoms with Crippen molar-refractivity contribution in [3.8, 4) is 0 Å². The molecule has 1 N–H and O–H groups in total. The first kappa shape index (κ1) is 20.5. The highest BCUT2D eigenvalue weighted by Crippen LogP contribution is 2.16. The molecule has 3 rings (SSSR count). The fourth-order valence-electron chi connectivity index (χ4n) is 3.23.